The molecule has 2 aromatic heterocycles. The smallest absolute Gasteiger partial charge is 0.270 e. The molecule has 5 heteroatoms. The normalized spacial score (nSPS) is 11.1. The number of hydrogen-bond donors (Lipinski definition) is 1. The first-order valence-corrected chi connectivity index (χ1v) is 10.1. The number of carbonyl (C=O) groups is 1. The molecule has 0 fully saturated rings. The van der Waals surface area contributed by atoms with Crippen LogP contribution in [0.2, 0.25) is 0 Å². The third-order valence-corrected chi connectivity index (χ3v) is 4.48. The minimum Gasteiger partial charge on any atom is -0.494 e. The highest BCUT2D eigenvalue weighted by molar-refractivity contribution is 5.94. The Hall–Kier alpha value is -3.21. The standard InChI is InChI=1S/C24H27N3O2/c1-2-3-4-5-6-7-16-29-20-11-8-10-19(17-20)18-26-24(28)23-14-13-21-22(27-23)12-9-15-25-21/h3-4,8-15,17H,2,5-7,16,18H2,1H3,(H,26,28). The minimum absolute atomic E-state index is 0.206. The van der Waals surface area contributed by atoms with Gasteiger partial charge in [-0.2, -0.15) is 0 Å². The number of rotatable bonds is 10. The zero-order valence-electron chi connectivity index (χ0n) is 16.8. The molecule has 150 valence electrons. The number of amides is 1. The fourth-order valence-electron chi connectivity index (χ4n) is 2.94. The topological polar surface area (TPSA) is 64.1 Å². The predicted molar refractivity (Wildman–Crippen MR) is 116 cm³/mol. The fourth-order valence-corrected chi connectivity index (χ4v) is 2.94. The van der Waals surface area contributed by atoms with Gasteiger partial charge in [0.25, 0.3) is 5.91 Å². The SMILES string of the molecule is CCC=CCCCCOc1cccc(CNC(=O)c2ccc3ncccc3n2)c1. The number of aromatic nitrogens is 2. The second kappa shape index (κ2) is 11.0. The van der Waals surface area contributed by atoms with Crippen molar-refractivity contribution in [3.05, 3.63) is 78.1 Å². The lowest BCUT2D eigenvalue weighted by Crippen LogP contribution is -2.23. The predicted octanol–water partition coefficient (Wildman–Crippen LogP) is 5.08. The Morgan fingerprint density at radius 1 is 1.07 bits per heavy atom. The number of ether oxygens (including phenoxy) is 1. The van der Waals surface area contributed by atoms with Crippen LogP contribution in [0.15, 0.2) is 66.9 Å². The molecule has 3 aromatic rings. The lowest BCUT2D eigenvalue weighted by atomic mass is 10.2. The van der Waals surface area contributed by atoms with Crippen LogP contribution in [-0.4, -0.2) is 22.5 Å². The number of pyridine rings is 2. The van der Waals surface area contributed by atoms with Crippen molar-refractivity contribution < 1.29 is 9.53 Å². The van der Waals surface area contributed by atoms with Gasteiger partial charge >= 0.3 is 0 Å². The highest BCUT2D eigenvalue weighted by atomic mass is 16.5. The van der Waals surface area contributed by atoms with Crippen LogP contribution in [0, 0.1) is 0 Å². The molecule has 0 aliphatic rings. The molecule has 0 aliphatic carbocycles. The van der Waals surface area contributed by atoms with Crippen molar-refractivity contribution in [3.63, 3.8) is 0 Å². The molecule has 1 N–H and O–H groups in total. The summed E-state index contributed by atoms with van der Waals surface area (Å²) in [5.41, 5.74) is 2.86. The summed E-state index contributed by atoms with van der Waals surface area (Å²) in [6.45, 7) is 3.26. The van der Waals surface area contributed by atoms with Crippen LogP contribution in [-0.2, 0) is 6.54 Å². The maximum atomic E-state index is 12.4. The van der Waals surface area contributed by atoms with E-state index in [4.69, 9.17) is 4.74 Å². The number of unbranched alkanes of at least 4 members (excludes halogenated alkanes) is 2. The zero-order chi connectivity index (χ0) is 20.3. The molecule has 0 spiro atoms. The van der Waals surface area contributed by atoms with Crippen molar-refractivity contribution >= 4 is 16.9 Å². The molecular weight excluding hydrogens is 362 g/mol. The van der Waals surface area contributed by atoms with Gasteiger partial charge in [-0.3, -0.25) is 9.78 Å². The summed E-state index contributed by atoms with van der Waals surface area (Å²) in [4.78, 5) is 21.0. The third-order valence-electron chi connectivity index (χ3n) is 4.48. The number of carbonyl (C=O) groups excluding carboxylic acids is 1. The van der Waals surface area contributed by atoms with Crippen molar-refractivity contribution in [2.24, 2.45) is 0 Å². The van der Waals surface area contributed by atoms with Gasteiger partial charge in [-0.05, 0) is 67.6 Å². The van der Waals surface area contributed by atoms with Crippen molar-refractivity contribution in [1.29, 1.82) is 0 Å². The van der Waals surface area contributed by atoms with Gasteiger partial charge in [0.05, 0.1) is 17.6 Å². The monoisotopic (exact) mass is 389 g/mol. The van der Waals surface area contributed by atoms with E-state index in [0.717, 1.165) is 42.5 Å². The summed E-state index contributed by atoms with van der Waals surface area (Å²) in [5, 5.41) is 2.92. The van der Waals surface area contributed by atoms with E-state index in [-0.39, 0.29) is 5.91 Å². The van der Waals surface area contributed by atoms with Gasteiger partial charge in [-0.15, -0.1) is 0 Å². The van der Waals surface area contributed by atoms with Crippen LogP contribution in [0.5, 0.6) is 5.75 Å². The average Bonchev–Trinajstić information content (AvgIpc) is 2.77. The van der Waals surface area contributed by atoms with E-state index < -0.39 is 0 Å². The van der Waals surface area contributed by atoms with E-state index in [9.17, 15) is 4.79 Å². The Morgan fingerprint density at radius 3 is 2.90 bits per heavy atom. The second-order valence-corrected chi connectivity index (χ2v) is 6.79. The van der Waals surface area contributed by atoms with Gasteiger partial charge < -0.3 is 10.1 Å². The Kier molecular flexibility index (Phi) is 7.75. The molecule has 0 atom stereocenters. The Morgan fingerprint density at radius 2 is 2.00 bits per heavy atom. The molecule has 3 rings (SSSR count). The van der Waals surface area contributed by atoms with E-state index in [2.05, 4.69) is 34.4 Å². The molecule has 5 nitrogen and oxygen atoms in total. The number of nitrogens with zero attached hydrogens (tertiary/aromatic N) is 2. The molecule has 0 saturated heterocycles. The minimum atomic E-state index is -0.206. The van der Waals surface area contributed by atoms with Crippen LogP contribution in [0.3, 0.4) is 0 Å². The van der Waals surface area contributed by atoms with Crippen molar-refractivity contribution in [3.8, 4) is 5.75 Å². The Labute approximate surface area is 171 Å². The van der Waals surface area contributed by atoms with E-state index in [1.165, 1.54) is 0 Å². The summed E-state index contributed by atoms with van der Waals surface area (Å²) < 4.78 is 5.84. The zero-order valence-corrected chi connectivity index (χ0v) is 16.8. The van der Waals surface area contributed by atoms with Gasteiger partial charge in [-0.1, -0.05) is 31.2 Å². The molecule has 29 heavy (non-hydrogen) atoms. The second-order valence-electron chi connectivity index (χ2n) is 6.79. The van der Waals surface area contributed by atoms with Crippen LogP contribution in [0.25, 0.3) is 11.0 Å². The summed E-state index contributed by atoms with van der Waals surface area (Å²) >= 11 is 0. The number of hydrogen-bond acceptors (Lipinski definition) is 4. The molecule has 0 aliphatic heterocycles. The third kappa shape index (κ3) is 6.42. The van der Waals surface area contributed by atoms with Crippen LogP contribution in [0.4, 0.5) is 0 Å². The average molecular weight is 389 g/mol. The van der Waals surface area contributed by atoms with Crippen molar-refractivity contribution in [2.45, 2.75) is 39.2 Å². The largest absolute Gasteiger partial charge is 0.494 e. The highest BCUT2D eigenvalue weighted by Crippen LogP contribution is 2.14. The summed E-state index contributed by atoms with van der Waals surface area (Å²) in [7, 11) is 0. The number of allylic oxidation sites excluding steroid dienone is 2. The van der Waals surface area contributed by atoms with E-state index in [0.29, 0.717) is 24.4 Å². The van der Waals surface area contributed by atoms with Crippen molar-refractivity contribution in [2.75, 3.05) is 6.61 Å². The van der Waals surface area contributed by atoms with E-state index in [1.54, 1.807) is 12.3 Å². The summed E-state index contributed by atoms with van der Waals surface area (Å²) in [6.07, 6.45) is 10.5. The molecule has 1 aromatic carbocycles. The maximum absolute atomic E-state index is 12.4. The van der Waals surface area contributed by atoms with Crippen LogP contribution >= 0.6 is 0 Å². The number of nitrogens with one attached hydrogen (secondary N) is 1. The number of fused-ring (bicyclic) bond motifs is 1. The van der Waals surface area contributed by atoms with Gasteiger partial charge in [-0.25, -0.2) is 4.98 Å². The van der Waals surface area contributed by atoms with E-state index >= 15 is 0 Å². The maximum Gasteiger partial charge on any atom is 0.270 e. The highest BCUT2D eigenvalue weighted by Gasteiger charge is 2.08. The molecule has 0 unspecified atom stereocenters. The lowest BCUT2D eigenvalue weighted by molar-refractivity contribution is 0.0946. The van der Waals surface area contributed by atoms with Gasteiger partial charge in [0.1, 0.15) is 11.4 Å². The molecule has 0 bridgehead atoms. The first kappa shape index (κ1) is 20.5. The van der Waals surface area contributed by atoms with Crippen LogP contribution < -0.4 is 10.1 Å². The Balaban J connectivity index is 1.48. The van der Waals surface area contributed by atoms with Gasteiger partial charge in [0, 0.05) is 12.7 Å². The van der Waals surface area contributed by atoms with E-state index in [1.807, 2.05) is 42.5 Å². The van der Waals surface area contributed by atoms with Crippen molar-refractivity contribution in [1.82, 2.24) is 15.3 Å². The van der Waals surface area contributed by atoms with Gasteiger partial charge in [0.15, 0.2) is 0 Å². The molecule has 1 amide bonds. The molecule has 0 radical (unpaired) electrons. The quantitative estimate of drug-likeness (QED) is 0.388. The van der Waals surface area contributed by atoms with Gasteiger partial charge in [0.2, 0.25) is 0 Å². The number of benzene rings is 1. The summed E-state index contributed by atoms with van der Waals surface area (Å²) in [6, 6.07) is 15.0. The fraction of sp³-hybridized carbons (Fsp3) is 0.292. The first-order valence-electron chi connectivity index (χ1n) is 10.1. The molecule has 0 saturated carbocycles. The summed E-state index contributed by atoms with van der Waals surface area (Å²) in [5.74, 6) is 0.623. The Bertz CT molecular complexity index is 969. The molecular formula is C24H27N3O2. The molecule has 2 heterocycles. The lowest BCUT2D eigenvalue weighted by Gasteiger charge is -2.09. The van der Waals surface area contributed by atoms with Crippen LogP contribution in [0.1, 0.15) is 48.7 Å². The first-order chi connectivity index (χ1) is 14.3.